The van der Waals surface area contributed by atoms with Crippen LogP contribution in [0.4, 0.5) is 4.79 Å². The molecule has 0 aromatic heterocycles. The molecular weight excluding hydrogens is 430 g/mol. The average Bonchev–Trinajstić information content (AvgIpc) is 2.71. The Balaban J connectivity index is 1.22. The van der Waals surface area contributed by atoms with Gasteiger partial charge in [-0.1, -0.05) is 24.3 Å². The van der Waals surface area contributed by atoms with Gasteiger partial charge in [0.15, 0.2) is 0 Å². The Labute approximate surface area is 189 Å². The molecular formula is C23H33N3O5S. The van der Waals surface area contributed by atoms with Crippen LogP contribution in [0.15, 0.2) is 24.3 Å². The maximum absolute atomic E-state index is 12.8. The van der Waals surface area contributed by atoms with E-state index >= 15 is 0 Å². The summed E-state index contributed by atoms with van der Waals surface area (Å²) in [5.74, 6) is 0.896. The fourth-order valence-electron chi connectivity index (χ4n) is 6.80. The van der Waals surface area contributed by atoms with E-state index in [-0.39, 0.29) is 23.9 Å². The fourth-order valence-corrected chi connectivity index (χ4v) is 8.37. The minimum atomic E-state index is -3.44. The molecule has 0 spiro atoms. The quantitative estimate of drug-likeness (QED) is 0.596. The summed E-state index contributed by atoms with van der Waals surface area (Å²) in [4.78, 5) is 12.8. The minimum absolute atomic E-state index is 0.0905. The van der Waals surface area contributed by atoms with E-state index in [0.29, 0.717) is 50.1 Å². The number of ether oxygens (including phenoxy) is 1. The van der Waals surface area contributed by atoms with Gasteiger partial charge in [-0.2, -0.15) is 4.31 Å². The van der Waals surface area contributed by atoms with Crippen molar-refractivity contribution in [1.82, 2.24) is 14.9 Å². The lowest BCUT2D eigenvalue weighted by atomic mass is 9.51. The topological polar surface area (TPSA) is 108 Å². The molecule has 1 aromatic rings. The molecule has 6 rings (SSSR count). The first kappa shape index (κ1) is 22.1. The number of aliphatic hydroxyl groups is 1. The second-order valence-corrected chi connectivity index (χ2v) is 12.3. The highest BCUT2D eigenvalue weighted by Gasteiger charge is 2.57. The van der Waals surface area contributed by atoms with Crippen LogP contribution in [0.3, 0.4) is 0 Å². The molecule has 5 fully saturated rings. The monoisotopic (exact) mass is 463 g/mol. The largest absolute Gasteiger partial charge is 0.390 e. The summed E-state index contributed by atoms with van der Waals surface area (Å²) in [7, 11) is -3.44. The van der Waals surface area contributed by atoms with Gasteiger partial charge in [-0.25, -0.2) is 13.2 Å². The van der Waals surface area contributed by atoms with Crippen LogP contribution in [0.1, 0.15) is 49.7 Å². The number of carbonyl (C=O) groups is 1. The first-order chi connectivity index (χ1) is 15.2. The molecule has 1 aromatic carbocycles. The van der Waals surface area contributed by atoms with E-state index < -0.39 is 15.6 Å². The molecule has 3 N–H and O–H groups in total. The van der Waals surface area contributed by atoms with Gasteiger partial charge in [0.05, 0.1) is 24.6 Å². The van der Waals surface area contributed by atoms with Crippen LogP contribution in [0.5, 0.6) is 0 Å². The van der Waals surface area contributed by atoms with Crippen LogP contribution in [-0.4, -0.2) is 61.3 Å². The van der Waals surface area contributed by atoms with Crippen molar-refractivity contribution in [1.29, 1.82) is 0 Å². The Hall–Kier alpha value is -1.68. The predicted molar refractivity (Wildman–Crippen MR) is 119 cm³/mol. The van der Waals surface area contributed by atoms with E-state index in [2.05, 4.69) is 10.6 Å². The van der Waals surface area contributed by atoms with Gasteiger partial charge in [0, 0.05) is 25.2 Å². The Kier molecular flexibility index (Phi) is 5.72. The summed E-state index contributed by atoms with van der Waals surface area (Å²) in [5.41, 5.74) is 0.548. The molecule has 2 unspecified atom stereocenters. The van der Waals surface area contributed by atoms with Crippen LogP contribution in [-0.2, 0) is 27.1 Å². The minimum Gasteiger partial charge on any atom is -0.390 e. The highest BCUT2D eigenvalue weighted by atomic mass is 32.2. The summed E-state index contributed by atoms with van der Waals surface area (Å²) in [6.07, 6.45) is 5.40. The van der Waals surface area contributed by atoms with E-state index in [1.807, 2.05) is 24.3 Å². The molecule has 32 heavy (non-hydrogen) atoms. The third-order valence-electron chi connectivity index (χ3n) is 7.67. The summed E-state index contributed by atoms with van der Waals surface area (Å²) >= 11 is 0. The van der Waals surface area contributed by atoms with E-state index in [1.54, 1.807) is 0 Å². The number of carbonyl (C=O) groups excluding carboxylic acids is 1. The van der Waals surface area contributed by atoms with Crippen LogP contribution >= 0.6 is 0 Å². The molecule has 4 bridgehead atoms. The molecule has 4 aliphatic carbocycles. The van der Waals surface area contributed by atoms with Gasteiger partial charge < -0.3 is 20.5 Å². The van der Waals surface area contributed by atoms with Crippen LogP contribution < -0.4 is 10.6 Å². The Morgan fingerprint density at radius 1 is 1.09 bits per heavy atom. The molecule has 8 nitrogen and oxygen atoms in total. The Morgan fingerprint density at radius 3 is 2.41 bits per heavy atom. The van der Waals surface area contributed by atoms with Crippen LogP contribution in [0.2, 0.25) is 0 Å². The van der Waals surface area contributed by atoms with Gasteiger partial charge in [-0.15, -0.1) is 0 Å². The maximum Gasteiger partial charge on any atom is 0.315 e. The molecule has 176 valence electrons. The lowest BCUT2D eigenvalue weighted by Crippen LogP contribution is -2.66. The zero-order valence-corrected chi connectivity index (χ0v) is 19.2. The van der Waals surface area contributed by atoms with Gasteiger partial charge in [0.25, 0.3) is 0 Å². The van der Waals surface area contributed by atoms with Crippen molar-refractivity contribution in [2.45, 2.75) is 62.0 Å². The predicted octanol–water partition coefficient (Wildman–Crippen LogP) is 1.73. The molecule has 1 aliphatic heterocycles. The third kappa shape index (κ3) is 4.53. The lowest BCUT2D eigenvalue weighted by molar-refractivity contribution is -0.139. The zero-order chi connectivity index (χ0) is 22.4. The number of amides is 2. The first-order valence-corrected chi connectivity index (χ1v) is 13.3. The summed E-state index contributed by atoms with van der Waals surface area (Å²) < 4.78 is 32.4. The summed E-state index contributed by atoms with van der Waals surface area (Å²) in [5, 5.41) is 17.0. The number of nitrogens with zero attached hydrogens (tertiary/aromatic N) is 1. The number of hydrogen-bond donors (Lipinski definition) is 3. The molecule has 9 heteroatoms. The smallest absolute Gasteiger partial charge is 0.315 e. The van der Waals surface area contributed by atoms with Crippen molar-refractivity contribution in [2.75, 3.05) is 26.3 Å². The molecule has 5 aliphatic rings. The van der Waals surface area contributed by atoms with Gasteiger partial charge >= 0.3 is 6.03 Å². The molecule has 2 amide bonds. The molecule has 4 saturated carbocycles. The zero-order valence-electron chi connectivity index (χ0n) is 18.4. The molecule has 1 heterocycles. The van der Waals surface area contributed by atoms with Gasteiger partial charge in [0.1, 0.15) is 0 Å². The standard InChI is InChI=1S/C23H33N3O5S/c27-21(25-22-10-17-9-18(11-22)13-23(28,12-17)16-22)24-14-19-3-1-2-4-20(19)15-32(29,30)26-5-7-31-8-6-26/h1-4,17-18,28H,5-16H2,(H2,24,25,27). The van der Waals surface area contributed by atoms with Crippen LogP contribution in [0, 0.1) is 11.8 Å². The van der Waals surface area contributed by atoms with Crippen LogP contribution in [0.25, 0.3) is 0 Å². The van der Waals surface area contributed by atoms with Gasteiger partial charge in [-0.05, 0) is 61.5 Å². The normalized spacial score (nSPS) is 34.4. The number of nitrogens with one attached hydrogen (secondary N) is 2. The first-order valence-electron chi connectivity index (χ1n) is 11.7. The average molecular weight is 464 g/mol. The molecule has 0 radical (unpaired) electrons. The van der Waals surface area contributed by atoms with E-state index in [9.17, 15) is 18.3 Å². The number of hydrogen-bond acceptors (Lipinski definition) is 5. The van der Waals surface area contributed by atoms with Crippen molar-refractivity contribution < 1.29 is 23.1 Å². The lowest BCUT2D eigenvalue weighted by Gasteiger charge is -2.60. The molecule has 1 saturated heterocycles. The van der Waals surface area contributed by atoms with Crippen molar-refractivity contribution in [2.24, 2.45) is 11.8 Å². The van der Waals surface area contributed by atoms with E-state index in [0.717, 1.165) is 31.2 Å². The summed E-state index contributed by atoms with van der Waals surface area (Å²) in [6.45, 7) is 1.85. The van der Waals surface area contributed by atoms with Gasteiger partial charge in [-0.3, -0.25) is 0 Å². The number of morpholine rings is 1. The Bertz CT molecular complexity index is 962. The number of urea groups is 1. The van der Waals surface area contributed by atoms with Crippen molar-refractivity contribution in [3.63, 3.8) is 0 Å². The second-order valence-electron chi connectivity index (χ2n) is 10.3. The fraction of sp³-hybridized carbons (Fsp3) is 0.696. The number of sulfonamides is 1. The number of rotatable bonds is 6. The van der Waals surface area contributed by atoms with Gasteiger partial charge in [0.2, 0.25) is 10.0 Å². The maximum atomic E-state index is 12.8. The SMILES string of the molecule is O=C(NCc1ccccc1CS(=O)(=O)N1CCOCC1)NC12CC3CC(CC(O)(C3)C1)C2. The highest BCUT2D eigenvalue weighted by molar-refractivity contribution is 7.88. The van der Waals surface area contributed by atoms with E-state index in [1.165, 1.54) is 10.7 Å². The summed E-state index contributed by atoms with van der Waals surface area (Å²) in [6, 6.07) is 7.10. The highest BCUT2D eigenvalue weighted by Crippen LogP contribution is 2.57. The third-order valence-corrected chi connectivity index (χ3v) is 9.50. The van der Waals surface area contributed by atoms with Crippen molar-refractivity contribution in [3.8, 4) is 0 Å². The Morgan fingerprint density at radius 2 is 1.75 bits per heavy atom. The van der Waals surface area contributed by atoms with Crippen molar-refractivity contribution in [3.05, 3.63) is 35.4 Å². The van der Waals surface area contributed by atoms with E-state index in [4.69, 9.17) is 4.74 Å². The second kappa shape index (κ2) is 8.27. The molecule has 2 atom stereocenters. The number of benzene rings is 1. The van der Waals surface area contributed by atoms with Crippen molar-refractivity contribution >= 4 is 16.1 Å².